The van der Waals surface area contributed by atoms with E-state index in [4.69, 9.17) is 4.74 Å². The standard InChI is InChI=1S/C13H24N2O/c1-4-15-8-5-6-13(15)10-14-7-9-16-11-12(2)3/h5-6,8,12,14H,4,7,9-11H2,1-3H3. The average Bonchev–Trinajstić information content (AvgIpc) is 2.70. The molecule has 0 bridgehead atoms. The van der Waals surface area contributed by atoms with E-state index in [0.717, 1.165) is 32.8 Å². The van der Waals surface area contributed by atoms with Gasteiger partial charge in [0.05, 0.1) is 6.61 Å². The molecule has 0 unspecified atom stereocenters. The topological polar surface area (TPSA) is 26.2 Å². The molecule has 0 fully saturated rings. The van der Waals surface area contributed by atoms with E-state index < -0.39 is 0 Å². The number of rotatable bonds is 8. The number of nitrogens with one attached hydrogen (secondary N) is 1. The monoisotopic (exact) mass is 224 g/mol. The maximum absolute atomic E-state index is 5.50. The molecule has 0 amide bonds. The highest BCUT2D eigenvalue weighted by molar-refractivity contribution is 5.06. The Balaban J connectivity index is 2.07. The van der Waals surface area contributed by atoms with Gasteiger partial charge in [-0.2, -0.15) is 0 Å². The molecule has 0 radical (unpaired) electrons. The highest BCUT2D eigenvalue weighted by Crippen LogP contribution is 2.01. The van der Waals surface area contributed by atoms with Gasteiger partial charge >= 0.3 is 0 Å². The van der Waals surface area contributed by atoms with E-state index in [0.29, 0.717) is 5.92 Å². The molecule has 1 aromatic rings. The van der Waals surface area contributed by atoms with E-state index in [-0.39, 0.29) is 0 Å². The molecule has 1 N–H and O–H groups in total. The Labute approximate surface area is 98.8 Å². The van der Waals surface area contributed by atoms with Crippen LogP contribution in [0.5, 0.6) is 0 Å². The summed E-state index contributed by atoms with van der Waals surface area (Å²) in [6.07, 6.45) is 2.12. The molecule has 1 aromatic heterocycles. The number of hydrogen-bond donors (Lipinski definition) is 1. The summed E-state index contributed by atoms with van der Waals surface area (Å²) in [5.74, 6) is 0.623. The Morgan fingerprint density at radius 2 is 2.25 bits per heavy atom. The van der Waals surface area contributed by atoms with Gasteiger partial charge in [-0.25, -0.2) is 0 Å². The first-order chi connectivity index (χ1) is 7.74. The van der Waals surface area contributed by atoms with Gasteiger partial charge in [0.15, 0.2) is 0 Å². The molecule has 0 spiro atoms. The van der Waals surface area contributed by atoms with Crippen LogP contribution in [0.1, 0.15) is 26.5 Å². The summed E-state index contributed by atoms with van der Waals surface area (Å²) < 4.78 is 7.75. The van der Waals surface area contributed by atoms with Gasteiger partial charge in [-0.3, -0.25) is 0 Å². The van der Waals surface area contributed by atoms with Crippen molar-refractivity contribution in [3.8, 4) is 0 Å². The molecule has 16 heavy (non-hydrogen) atoms. The van der Waals surface area contributed by atoms with Gasteiger partial charge in [0.1, 0.15) is 0 Å². The lowest BCUT2D eigenvalue weighted by Gasteiger charge is -2.09. The third-order valence-electron chi connectivity index (χ3n) is 2.44. The zero-order chi connectivity index (χ0) is 11.8. The maximum Gasteiger partial charge on any atom is 0.0591 e. The first kappa shape index (κ1) is 13.3. The second-order valence-corrected chi connectivity index (χ2v) is 4.43. The van der Waals surface area contributed by atoms with Gasteiger partial charge in [0.25, 0.3) is 0 Å². The molecule has 0 aliphatic rings. The summed E-state index contributed by atoms with van der Waals surface area (Å²) in [5.41, 5.74) is 1.34. The van der Waals surface area contributed by atoms with Crippen LogP contribution in [-0.4, -0.2) is 24.3 Å². The predicted octanol–water partition coefficient (Wildman–Crippen LogP) is 2.27. The number of ether oxygens (including phenoxy) is 1. The van der Waals surface area contributed by atoms with Crippen LogP contribution < -0.4 is 5.32 Å². The van der Waals surface area contributed by atoms with Gasteiger partial charge in [-0.15, -0.1) is 0 Å². The van der Waals surface area contributed by atoms with Crippen molar-refractivity contribution in [2.24, 2.45) is 5.92 Å². The van der Waals surface area contributed by atoms with Crippen LogP contribution in [0.15, 0.2) is 18.3 Å². The fourth-order valence-corrected chi connectivity index (χ4v) is 1.60. The maximum atomic E-state index is 5.50. The number of nitrogens with zero attached hydrogens (tertiary/aromatic N) is 1. The van der Waals surface area contributed by atoms with Gasteiger partial charge in [0, 0.05) is 38.1 Å². The highest BCUT2D eigenvalue weighted by atomic mass is 16.5. The number of hydrogen-bond acceptors (Lipinski definition) is 2. The molecule has 0 aliphatic heterocycles. The van der Waals surface area contributed by atoms with Crippen molar-refractivity contribution < 1.29 is 4.74 Å². The van der Waals surface area contributed by atoms with Crippen LogP contribution in [0.2, 0.25) is 0 Å². The van der Waals surface area contributed by atoms with Crippen molar-refractivity contribution in [1.29, 1.82) is 0 Å². The van der Waals surface area contributed by atoms with E-state index >= 15 is 0 Å². The SMILES string of the molecule is CCn1cccc1CNCCOCC(C)C. The van der Waals surface area contributed by atoms with Gasteiger partial charge < -0.3 is 14.6 Å². The van der Waals surface area contributed by atoms with Crippen LogP contribution in [0.3, 0.4) is 0 Å². The average molecular weight is 224 g/mol. The van der Waals surface area contributed by atoms with Gasteiger partial charge in [-0.1, -0.05) is 13.8 Å². The molecule has 0 aliphatic carbocycles. The first-order valence-electron chi connectivity index (χ1n) is 6.16. The van der Waals surface area contributed by atoms with Gasteiger partial charge in [-0.05, 0) is 25.0 Å². The van der Waals surface area contributed by atoms with Crippen molar-refractivity contribution in [3.05, 3.63) is 24.0 Å². The fourth-order valence-electron chi connectivity index (χ4n) is 1.60. The zero-order valence-corrected chi connectivity index (χ0v) is 10.7. The van der Waals surface area contributed by atoms with Crippen molar-refractivity contribution in [2.75, 3.05) is 19.8 Å². The zero-order valence-electron chi connectivity index (χ0n) is 10.7. The quantitative estimate of drug-likeness (QED) is 0.686. The largest absolute Gasteiger partial charge is 0.380 e. The van der Waals surface area contributed by atoms with Crippen molar-refractivity contribution in [1.82, 2.24) is 9.88 Å². The Bertz CT molecular complexity index is 281. The van der Waals surface area contributed by atoms with E-state index in [9.17, 15) is 0 Å². The molecular weight excluding hydrogens is 200 g/mol. The molecular formula is C13H24N2O. The minimum atomic E-state index is 0.623. The summed E-state index contributed by atoms with van der Waals surface area (Å²) in [7, 11) is 0. The van der Waals surface area contributed by atoms with E-state index in [1.807, 2.05) is 0 Å². The fraction of sp³-hybridized carbons (Fsp3) is 0.692. The number of aryl methyl sites for hydroxylation is 1. The second-order valence-electron chi connectivity index (χ2n) is 4.43. The van der Waals surface area contributed by atoms with Crippen molar-refractivity contribution in [3.63, 3.8) is 0 Å². The summed E-state index contributed by atoms with van der Waals surface area (Å²) in [5, 5.41) is 3.39. The summed E-state index contributed by atoms with van der Waals surface area (Å²) >= 11 is 0. The lowest BCUT2D eigenvalue weighted by Crippen LogP contribution is -2.21. The summed E-state index contributed by atoms with van der Waals surface area (Å²) in [6, 6.07) is 4.25. The second kappa shape index (κ2) is 7.47. The Hall–Kier alpha value is -0.800. The van der Waals surface area contributed by atoms with Crippen LogP contribution in [-0.2, 0) is 17.8 Å². The van der Waals surface area contributed by atoms with Crippen molar-refractivity contribution >= 4 is 0 Å². The Morgan fingerprint density at radius 3 is 2.94 bits per heavy atom. The third kappa shape index (κ3) is 4.81. The molecule has 0 saturated carbocycles. The van der Waals surface area contributed by atoms with E-state index in [1.54, 1.807) is 0 Å². The molecule has 0 atom stereocenters. The molecule has 92 valence electrons. The van der Waals surface area contributed by atoms with Crippen molar-refractivity contribution in [2.45, 2.75) is 33.9 Å². The van der Waals surface area contributed by atoms with Gasteiger partial charge in [0.2, 0.25) is 0 Å². The predicted molar refractivity (Wildman–Crippen MR) is 67.5 cm³/mol. The highest BCUT2D eigenvalue weighted by Gasteiger charge is 1.98. The lowest BCUT2D eigenvalue weighted by atomic mass is 10.2. The number of aromatic nitrogens is 1. The summed E-state index contributed by atoms with van der Waals surface area (Å²) in [6.45, 7) is 11.0. The Morgan fingerprint density at radius 1 is 1.44 bits per heavy atom. The smallest absolute Gasteiger partial charge is 0.0591 e. The van der Waals surface area contributed by atoms with Crippen LogP contribution in [0, 0.1) is 5.92 Å². The van der Waals surface area contributed by atoms with E-state index in [2.05, 4.69) is 49.0 Å². The van der Waals surface area contributed by atoms with Crippen LogP contribution in [0.4, 0.5) is 0 Å². The molecule has 3 nitrogen and oxygen atoms in total. The van der Waals surface area contributed by atoms with Crippen LogP contribution in [0.25, 0.3) is 0 Å². The van der Waals surface area contributed by atoms with E-state index in [1.165, 1.54) is 5.69 Å². The minimum absolute atomic E-state index is 0.623. The lowest BCUT2D eigenvalue weighted by molar-refractivity contribution is 0.111. The molecule has 0 saturated heterocycles. The molecule has 0 aromatic carbocycles. The third-order valence-corrected chi connectivity index (χ3v) is 2.44. The summed E-state index contributed by atoms with van der Waals surface area (Å²) in [4.78, 5) is 0. The molecule has 1 heterocycles. The van der Waals surface area contributed by atoms with Crippen LogP contribution >= 0.6 is 0 Å². The minimum Gasteiger partial charge on any atom is -0.380 e. The normalized spacial score (nSPS) is 11.2. The first-order valence-corrected chi connectivity index (χ1v) is 6.16. The Kier molecular flexibility index (Phi) is 6.19. The molecule has 3 heteroatoms. The molecule has 1 rings (SSSR count).